The first-order chi connectivity index (χ1) is 13.5. The maximum Gasteiger partial charge on any atom is 0.237 e. The van der Waals surface area contributed by atoms with E-state index in [1.165, 1.54) is 23.9 Å². The summed E-state index contributed by atoms with van der Waals surface area (Å²) in [6, 6.07) is 13.3. The zero-order chi connectivity index (χ0) is 20.1. The predicted molar refractivity (Wildman–Crippen MR) is 111 cm³/mol. The number of hydrogen-bond donors (Lipinski definition) is 1. The van der Waals surface area contributed by atoms with Gasteiger partial charge in [-0.15, -0.1) is 16.8 Å². The van der Waals surface area contributed by atoms with Gasteiger partial charge in [-0.2, -0.15) is 0 Å². The molecule has 144 valence electrons. The van der Waals surface area contributed by atoms with Gasteiger partial charge in [0.05, 0.1) is 10.9 Å². The molecule has 0 unspecified atom stereocenters. The summed E-state index contributed by atoms with van der Waals surface area (Å²) in [5, 5.41) is 11.8. The van der Waals surface area contributed by atoms with E-state index in [9.17, 15) is 9.18 Å². The molecule has 0 saturated carbocycles. The number of hydrogen-bond acceptors (Lipinski definition) is 4. The topological polar surface area (TPSA) is 59.8 Å². The monoisotopic (exact) mass is 416 g/mol. The highest BCUT2D eigenvalue weighted by molar-refractivity contribution is 8.00. The lowest BCUT2D eigenvalue weighted by molar-refractivity contribution is -0.115. The predicted octanol–water partition coefficient (Wildman–Crippen LogP) is 5.04. The smallest absolute Gasteiger partial charge is 0.237 e. The van der Waals surface area contributed by atoms with E-state index in [0.29, 0.717) is 22.5 Å². The Morgan fingerprint density at radius 2 is 2.00 bits per heavy atom. The first-order valence-corrected chi connectivity index (χ1v) is 9.77. The number of carbonyl (C=O) groups excluding carboxylic acids is 1. The van der Waals surface area contributed by atoms with Crippen LogP contribution in [0.1, 0.15) is 6.92 Å². The number of carbonyl (C=O) groups is 1. The molecule has 0 fully saturated rings. The molecule has 0 bridgehead atoms. The van der Waals surface area contributed by atoms with Crippen LogP contribution in [0.4, 0.5) is 10.1 Å². The van der Waals surface area contributed by atoms with Crippen molar-refractivity contribution in [3.05, 3.63) is 72.0 Å². The fourth-order valence-electron chi connectivity index (χ4n) is 2.49. The number of aromatic nitrogens is 3. The van der Waals surface area contributed by atoms with Gasteiger partial charge in [0.25, 0.3) is 0 Å². The first-order valence-electron chi connectivity index (χ1n) is 8.51. The van der Waals surface area contributed by atoms with Crippen molar-refractivity contribution in [3.63, 3.8) is 0 Å². The van der Waals surface area contributed by atoms with Crippen molar-refractivity contribution in [2.75, 3.05) is 5.32 Å². The van der Waals surface area contributed by atoms with E-state index in [0.717, 1.165) is 5.56 Å². The lowest BCUT2D eigenvalue weighted by Crippen LogP contribution is -2.23. The molecule has 1 N–H and O–H groups in total. The van der Waals surface area contributed by atoms with Crippen molar-refractivity contribution in [2.24, 2.45) is 0 Å². The van der Waals surface area contributed by atoms with E-state index in [-0.39, 0.29) is 11.6 Å². The van der Waals surface area contributed by atoms with Crippen molar-refractivity contribution >= 4 is 35.0 Å². The van der Waals surface area contributed by atoms with E-state index in [1.807, 2.05) is 16.7 Å². The van der Waals surface area contributed by atoms with Crippen molar-refractivity contribution in [3.8, 4) is 11.4 Å². The van der Waals surface area contributed by atoms with Gasteiger partial charge in [0.15, 0.2) is 11.0 Å². The average Bonchev–Trinajstić information content (AvgIpc) is 3.07. The number of benzene rings is 2. The van der Waals surface area contributed by atoms with Crippen LogP contribution in [-0.4, -0.2) is 25.9 Å². The molecule has 0 aliphatic rings. The third-order valence-corrected chi connectivity index (χ3v) is 5.25. The third kappa shape index (κ3) is 4.61. The largest absolute Gasteiger partial charge is 0.323 e. The number of rotatable bonds is 7. The third-order valence-electron chi connectivity index (χ3n) is 3.91. The molecule has 1 atom stereocenters. The lowest BCUT2D eigenvalue weighted by atomic mass is 10.2. The highest BCUT2D eigenvalue weighted by atomic mass is 35.5. The van der Waals surface area contributed by atoms with Crippen LogP contribution in [0.15, 0.2) is 66.3 Å². The van der Waals surface area contributed by atoms with Gasteiger partial charge in [-0.25, -0.2) is 4.39 Å². The SMILES string of the molecule is C=CCn1c(S[C@@H](C)C(=O)Nc2ccccc2F)nnc1-c1ccc(Cl)cc1. The summed E-state index contributed by atoms with van der Waals surface area (Å²) >= 11 is 7.20. The molecular weight excluding hydrogens is 399 g/mol. The summed E-state index contributed by atoms with van der Waals surface area (Å²) in [5.41, 5.74) is 1.00. The van der Waals surface area contributed by atoms with Crippen LogP contribution in [0.3, 0.4) is 0 Å². The molecule has 1 heterocycles. The second-order valence-electron chi connectivity index (χ2n) is 5.94. The van der Waals surface area contributed by atoms with Crippen LogP contribution in [0.25, 0.3) is 11.4 Å². The zero-order valence-corrected chi connectivity index (χ0v) is 16.7. The molecule has 0 spiro atoms. The van der Waals surface area contributed by atoms with Gasteiger partial charge in [-0.3, -0.25) is 9.36 Å². The Kier molecular flexibility index (Phi) is 6.49. The van der Waals surface area contributed by atoms with Crippen molar-refractivity contribution in [1.29, 1.82) is 0 Å². The standard InChI is InChI=1S/C20H18ClFN4OS/c1-3-12-26-18(14-8-10-15(21)11-9-14)24-25-20(26)28-13(2)19(27)23-17-7-5-4-6-16(17)22/h3-11,13H,1,12H2,2H3,(H,23,27)/t13-/m0/s1. The van der Waals surface area contributed by atoms with Crippen molar-refractivity contribution in [2.45, 2.75) is 23.9 Å². The molecule has 1 amide bonds. The summed E-state index contributed by atoms with van der Waals surface area (Å²) in [7, 11) is 0. The molecule has 0 aliphatic carbocycles. The van der Waals surface area contributed by atoms with Crippen LogP contribution in [0.2, 0.25) is 5.02 Å². The Morgan fingerprint density at radius 3 is 2.68 bits per heavy atom. The van der Waals surface area contributed by atoms with Gasteiger partial charge < -0.3 is 5.32 Å². The van der Waals surface area contributed by atoms with Gasteiger partial charge in [0, 0.05) is 17.1 Å². The van der Waals surface area contributed by atoms with Crippen LogP contribution < -0.4 is 5.32 Å². The van der Waals surface area contributed by atoms with Crippen LogP contribution in [0.5, 0.6) is 0 Å². The van der Waals surface area contributed by atoms with Gasteiger partial charge >= 0.3 is 0 Å². The number of allylic oxidation sites excluding steroid dienone is 1. The zero-order valence-electron chi connectivity index (χ0n) is 15.1. The molecule has 3 rings (SSSR count). The number of para-hydroxylation sites is 1. The lowest BCUT2D eigenvalue weighted by Gasteiger charge is -2.13. The number of amides is 1. The van der Waals surface area contributed by atoms with Gasteiger partial charge in [0.2, 0.25) is 5.91 Å². The van der Waals surface area contributed by atoms with Crippen LogP contribution in [0, 0.1) is 5.82 Å². The number of nitrogens with one attached hydrogen (secondary N) is 1. The van der Waals surface area contributed by atoms with E-state index < -0.39 is 11.1 Å². The number of thioether (sulfide) groups is 1. The van der Waals surface area contributed by atoms with E-state index in [1.54, 1.807) is 37.3 Å². The fourth-order valence-corrected chi connectivity index (χ4v) is 3.48. The minimum atomic E-state index is -0.509. The molecular formula is C20H18ClFN4OS. The van der Waals surface area contributed by atoms with Gasteiger partial charge in [-0.05, 0) is 43.3 Å². The molecule has 0 radical (unpaired) electrons. The minimum Gasteiger partial charge on any atom is -0.323 e. The second-order valence-corrected chi connectivity index (χ2v) is 7.69. The summed E-state index contributed by atoms with van der Waals surface area (Å²) < 4.78 is 15.6. The van der Waals surface area contributed by atoms with E-state index in [4.69, 9.17) is 11.6 Å². The van der Waals surface area contributed by atoms with Crippen LogP contribution in [-0.2, 0) is 11.3 Å². The Labute approximate surface area is 171 Å². The second kappa shape index (κ2) is 9.03. The number of halogens is 2. The van der Waals surface area contributed by atoms with E-state index >= 15 is 0 Å². The molecule has 28 heavy (non-hydrogen) atoms. The summed E-state index contributed by atoms with van der Waals surface area (Å²) in [6.45, 7) is 5.99. The molecule has 8 heteroatoms. The van der Waals surface area contributed by atoms with Gasteiger partial charge in [0.1, 0.15) is 5.82 Å². The summed E-state index contributed by atoms with van der Waals surface area (Å²) in [6.07, 6.45) is 1.73. The normalized spacial score (nSPS) is 11.8. The Balaban J connectivity index is 1.79. The number of anilines is 1. The van der Waals surface area contributed by atoms with Crippen LogP contribution >= 0.6 is 23.4 Å². The van der Waals surface area contributed by atoms with E-state index in [2.05, 4.69) is 22.1 Å². The minimum absolute atomic E-state index is 0.148. The Hall–Kier alpha value is -2.64. The molecule has 1 aromatic heterocycles. The van der Waals surface area contributed by atoms with Crippen molar-refractivity contribution < 1.29 is 9.18 Å². The Morgan fingerprint density at radius 1 is 1.29 bits per heavy atom. The van der Waals surface area contributed by atoms with Gasteiger partial charge in [-0.1, -0.05) is 41.6 Å². The fraction of sp³-hybridized carbons (Fsp3) is 0.150. The average molecular weight is 417 g/mol. The highest BCUT2D eigenvalue weighted by Crippen LogP contribution is 2.28. The molecule has 0 aliphatic heterocycles. The summed E-state index contributed by atoms with van der Waals surface area (Å²) in [4.78, 5) is 12.5. The molecule has 2 aromatic carbocycles. The molecule has 3 aromatic rings. The maximum atomic E-state index is 13.8. The molecule has 5 nitrogen and oxygen atoms in total. The highest BCUT2D eigenvalue weighted by Gasteiger charge is 2.21. The Bertz CT molecular complexity index is 990. The van der Waals surface area contributed by atoms with Crippen molar-refractivity contribution in [1.82, 2.24) is 14.8 Å². The summed E-state index contributed by atoms with van der Waals surface area (Å²) in [5.74, 6) is -0.148. The maximum absolute atomic E-state index is 13.8. The first kappa shape index (κ1) is 20.1. The molecule has 0 saturated heterocycles. The quantitative estimate of drug-likeness (QED) is 0.433. The number of nitrogens with zero attached hydrogens (tertiary/aromatic N) is 3.